The van der Waals surface area contributed by atoms with Crippen molar-refractivity contribution >= 4 is 29.7 Å². The summed E-state index contributed by atoms with van der Waals surface area (Å²) in [4.78, 5) is 28.6. The molecule has 0 spiro atoms. The van der Waals surface area contributed by atoms with Gasteiger partial charge in [-0.15, -0.1) is 0 Å². The number of nitrogens with zero attached hydrogens (tertiary/aromatic N) is 5. The number of carbonyl (C=O) groups excluding carboxylic acids is 1. The lowest BCUT2D eigenvalue weighted by Gasteiger charge is -2.33. The molecule has 1 aliphatic rings. The number of aldehydes is 1. The predicted octanol–water partition coefficient (Wildman–Crippen LogP) is 7.14. The van der Waals surface area contributed by atoms with Crippen LogP contribution in [0.3, 0.4) is 0 Å². The van der Waals surface area contributed by atoms with Crippen molar-refractivity contribution in [3.05, 3.63) is 66.2 Å². The fourth-order valence-corrected chi connectivity index (χ4v) is 4.56. The number of benzene rings is 2. The fraction of sp³-hybridized carbons (Fsp3) is 0.455. The summed E-state index contributed by atoms with van der Waals surface area (Å²) in [5.74, 6) is 0.832. The monoisotopic (exact) mass is 597 g/mol. The maximum atomic E-state index is 14.5. The molecule has 234 valence electrons. The average molecular weight is 598 g/mol. The number of carbonyl (C=O) groups is 1. The van der Waals surface area contributed by atoms with E-state index < -0.39 is 17.2 Å². The minimum atomic E-state index is -0.638. The highest BCUT2D eigenvalue weighted by atomic mass is 19.1. The van der Waals surface area contributed by atoms with Crippen molar-refractivity contribution in [3.63, 3.8) is 0 Å². The second-order valence-corrected chi connectivity index (χ2v) is 11.2. The number of hydrogen-bond acceptors (Lipinski definition) is 8. The Morgan fingerprint density at radius 2 is 1.79 bits per heavy atom. The van der Waals surface area contributed by atoms with Gasteiger partial charge in [0.2, 0.25) is 0 Å². The number of fused-ring (bicyclic) bond motifs is 1. The predicted molar refractivity (Wildman–Crippen MR) is 171 cm³/mol. The van der Waals surface area contributed by atoms with Gasteiger partial charge in [0.1, 0.15) is 29.4 Å². The number of ether oxygens (including phenoxy) is 1. The van der Waals surface area contributed by atoms with E-state index in [9.17, 15) is 13.6 Å². The highest BCUT2D eigenvalue weighted by Gasteiger charge is 2.24. The van der Waals surface area contributed by atoms with Gasteiger partial charge in [-0.3, -0.25) is 4.79 Å². The maximum Gasteiger partial charge on any atom is 0.159 e. The first kappa shape index (κ1) is 35.4. The number of piperidine rings is 1. The molecule has 1 aromatic heterocycles. The Bertz CT molecular complexity index is 1370. The molecular formula is C33H45F2N5O3. The summed E-state index contributed by atoms with van der Waals surface area (Å²) in [5, 5.41) is 3.87. The van der Waals surface area contributed by atoms with Gasteiger partial charge in [-0.2, -0.15) is 0 Å². The normalized spacial score (nSPS) is 13.5. The number of oxime groups is 1. The third kappa shape index (κ3) is 10.2. The number of aromatic nitrogens is 2. The molecular weight excluding hydrogens is 552 g/mol. The zero-order chi connectivity index (χ0) is 32.2. The van der Waals surface area contributed by atoms with E-state index in [-0.39, 0.29) is 5.56 Å². The molecule has 43 heavy (non-hydrogen) atoms. The van der Waals surface area contributed by atoms with Crippen LogP contribution in [0.2, 0.25) is 0 Å². The van der Waals surface area contributed by atoms with E-state index in [0.717, 1.165) is 31.8 Å². The van der Waals surface area contributed by atoms with Crippen molar-refractivity contribution in [2.45, 2.75) is 52.6 Å². The van der Waals surface area contributed by atoms with E-state index in [1.165, 1.54) is 37.0 Å². The van der Waals surface area contributed by atoms with Crippen LogP contribution in [0.5, 0.6) is 0 Å². The molecule has 10 heteroatoms. The minimum Gasteiger partial charge on any atom is -0.368 e. The summed E-state index contributed by atoms with van der Waals surface area (Å²) in [6.45, 7) is 17.1. The second-order valence-electron chi connectivity index (χ2n) is 11.2. The van der Waals surface area contributed by atoms with Gasteiger partial charge < -0.3 is 19.4 Å². The fourth-order valence-electron chi connectivity index (χ4n) is 4.56. The molecule has 1 fully saturated rings. The van der Waals surface area contributed by atoms with E-state index in [0.29, 0.717) is 46.5 Å². The molecule has 0 amide bonds. The lowest BCUT2D eigenvalue weighted by molar-refractivity contribution is -0.0240. The van der Waals surface area contributed by atoms with Gasteiger partial charge >= 0.3 is 0 Å². The minimum absolute atomic E-state index is 0.0291. The molecule has 2 heterocycles. The second kappa shape index (κ2) is 16.8. The quantitative estimate of drug-likeness (QED) is 0.112. The number of rotatable bonds is 9. The molecule has 0 atom stereocenters. The summed E-state index contributed by atoms with van der Waals surface area (Å²) < 4.78 is 33.9. The van der Waals surface area contributed by atoms with E-state index >= 15 is 0 Å². The Morgan fingerprint density at radius 1 is 1.14 bits per heavy atom. The summed E-state index contributed by atoms with van der Waals surface area (Å²) in [7, 11) is 6.00. The Hall–Kier alpha value is -3.76. The van der Waals surface area contributed by atoms with Gasteiger partial charge in [-0.1, -0.05) is 31.1 Å². The SMILES string of the molecule is C=NOC(=C)C(C)(C)OCC.CCC1CCN(c2ncnc3c(-c4ccc(C=O)c(F)c4)cc(F)cc23)CC1.CN(C)C. The molecule has 0 unspecified atom stereocenters. The molecule has 2 aromatic carbocycles. The van der Waals surface area contributed by atoms with Crippen molar-refractivity contribution in [2.75, 3.05) is 45.7 Å². The van der Waals surface area contributed by atoms with Gasteiger partial charge in [0, 0.05) is 37.4 Å². The highest BCUT2D eigenvalue weighted by molar-refractivity contribution is 5.99. The van der Waals surface area contributed by atoms with Crippen LogP contribution in [0.15, 0.2) is 54.2 Å². The lowest BCUT2D eigenvalue weighted by atomic mass is 9.94. The Balaban J connectivity index is 0.000000360. The molecule has 8 nitrogen and oxygen atoms in total. The van der Waals surface area contributed by atoms with Gasteiger partial charge in [0.05, 0.1) is 11.1 Å². The van der Waals surface area contributed by atoms with E-state index in [1.54, 1.807) is 6.07 Å². The molecule has 0 aliphatic carbocycles. The van der Waals surface area contributed by atoms with Crippen LogP contribution in [-0.4, -0.2) is 74.3 Å². The van der Waals surface area contributed by atoms with Crippen molar-refractivity contribution < 1.29 is 23.1 Å². The molecule has 1 aliphatic heterocycles. The van der Waals surface area contributed by atoms with Crippen molar-refractivity contribution in [2.24, 2.45) is 11.1 Å². The first-order valence-electron chi connectivity index (χ1n) is 14.4. The third-order valence-electron chi connectivity index (χ3n) is 6.96. The maximum absolute atomic E-state index is 14.5. The molecule has 3 aromatic rings. The molecule has 0 saturated carbocycles. The van der Waals surface area contributed by atoms with Crippen LogP contribution < -0.4 is 4.90 Å². The molecule has 0 N–H and O–H groups in total. The largest absolute Gasteiger partial charge is 0.368 e. The Labute approximate surface area is 254 Å². The smallest absolute Gasteiger partial charge is 0.159 e. The van der Waals surface area contributed by atoms with E-state index in [4.69, 9.17) is 9.57 Å². The standard InChI is InChI=1S/C22H21F2N3O.C8H15NO2.C3H9N/c1-2-14-5-7-27(8-6-14)22-19-11-17(23)10-18(21(19)25-13-26-22)15-3-4-16(12-28)20(24)9-15;1-6-10-8(3,4)7(2)11-9-5;1-4(2)3/h3-4,9-14H,2,5-8H2,1H3;2,5-6H2,1,3-4H3;1-3H3. The van der Waals surface area contributed by atoms with Crippen LogP contribution in [0.25, 0.3) is 22.0 Å². The van der Waals surface area contributed by atoms with Crippen LogP contribution in [0.4, 0.5) is 14.6 Å². The molecule has 0 bridgehead atoms. The first-order chi connectivity index (χ1) is 20.4. The average Bonchev–Trinajstić information content (AvgIpc) is 2.96. The summed E-state index contributed by atoms with van der Waals surface area (Å²) in [6.07, 6.45) is 5.27. The van der Waals surface area contributed by atoms with Crippen LogP contribution >= 0.6 is 0 Å². The van der Waals surface area contributed by atoms with Crippen LogP contribution in [-0.2, 0) is 9.57 Å². The summed E-state index contributed by atoms with van der Waals surface area (Å²) >= 11 is 0. The van der Waals surface area contributed by atoms with Crippen molar-refractivity contribution in [1.29, 1.82) is 0 Å². The topological polar surface area (TPSA) is 80.1 Å². The Morgan fingerprint density at radius 3 is 2.33 bits per heavy atom. The van der Waals surface area contributed by atoms with Crippen LogP contribution in [0, 0.1) is 17.6 Å². The zero-order valence-corrected chi connectivity index (χ0v) is 26.5. The Kier molecular flexibility index (Phi) is 13.8. The number of hydrogen-bond donors (Lipinski definition) is 0. The van der Waals surface area contributed by atoms with Gasteiger partial charge in [-0.05, 0) is 90.5 Å². The number of anilines is 1. The highest BCUT2D eigenvalue weighted by Crippen LogP contribution is 2.34. The molecule has 0 radical (unpaired) electrons. The van der Waals surface area contributed by atoms with Crippen molar-refractivity contribution in [3.8, 4) is 11.1 Å². The van der Waals surface area contributed by atoms with Gasteiger partial charge in [0.15, 0.2) is 12.0 Å². The first-order valence-corrected chi connectivity index (χ1v) is 14.4. The van der Waals surface area contributed by atoms with E-state index in [2.05, 4.69) is 40.2 Å². The molecule has 1 saturated heterocycles. The summed E-state index contributed by atoms with van der Waals surface area (Å²) in [6, 6.07) is 7.03. The number of halogens is 2. The van der Waals surface area contributed by atoms with E-state index in [1.807, 2.05) is 46.8 Å². The zero-order valence-electron chi connectivity index (χ0n) is 26.5. The van der Waals surface area contributed by atoms with Crippen molar-refractivity contribution in [1.82, 2.24) is 14.9 Å². The summed E-state index contributed by atoms with van der Waals surface area (Å²) in [5.41, 5.74) is 1.01. The van der Waals surface area contributed by atoms with Gasteiger partial charge in [0.25, 0.3) is 0 Å². The van der Waals surface area contributed by atoms with Gasteiger partial charge in [-0.25, -0.2) is 18.7 Å². The third-order valence-corrected chi connectivity index (χ3v) is 6.96. The molecule has 4 rings (SSSR count). The van der Waals surface area contributed by atoms with Crippen LogP contribution in [0.1, 0.15) is 57.3 Å². The lowest BCUT2D eigenvalue weighted by Crippen LogP contribution is -2.34.